The molecule has 1 saturated heterocycles. The fourth-order valence-electron chi connectivity index (χ4n) is 4.00. The first-order valence-electron chi connectivity index (χ1n) is 11.1. The van der Waals surface area contributed by atoms with E-state index in [0.29, 0.717) is 22.6 Å². The monoisotopic (exact) mass is 470 g/mol. The number of carbonyl (C=O) groups is 3. The quantitative estimate of drug-likeness (QED) is 0.668. The van der Waals surface area contributed by atoms with E-state index < -0.39 is 24.0 Å². The molecule has 34 heavy (non-hydrogen) atoms. The summed E-state index contributed by atoms with van der Waals surface area (Å²) in [6.45, 7) is 0.278. The number of halogens is 1. The second kappa shape index (κ2) is 10.6. The maximum Gasteiger partial charge on any atom is 0.258 e. The minimum Gasteiger partial charge on any atom is -0.497 e. The van der Waals surface area contributed by atoms with E-state index in [0.717, 1.165) is 0 Å². The van der Waals surface area contributed by atoms with Crippen LogP contribution in [0.25, 0.3) is 0 Å². The average Bonchev–Trinajstić information content (AvgIpc) is 3.29. The van der Waals surface area contributed by atoms with Crippen molar-refractivity contribution < 1.29 is 23.5 Å². The summed E-state index contributed by atoms with van der Waals surface area (Å²) in [5.74, 6) is -1.26. The van der Waals surface area contributed by atoms with Crippen molar-refractivity contribution in [2.45, 2.75) is 24.6 Å². The van der Waals surface area contributed by atoms with Crippen molar-refractivity contribution >= 4 is 23.4 Å². The number of nitrogens with two attached hydrogens (primary N) is 1. The SMILES string of the molecule is COc1ccc(C(=O)N(C)c2ccc(C(C(=O)N(C)C)C(N)C(=O)N3CC[C@H](F)C3)cc2)cc1. The molecule has 0 spiro atoms. The van der Waals surface area contributed by atoms with Crippen LogP contribution in [0.5, 0.6) is 5.75 Å². The average molecular weight is 471 g/mol. The van der Waals surface area contributed by atoms with Crippen molar-refractivity contribution in [1.82, 2.24) is 9.80 Å². The predicted octanol–water partition coefficient (Wildman–Crippen LogP) is 2.04. The van der Waals surface area contributed by atoms with E-state index >= 15 is 0 Å². The molecule has 8 nitrogen and oxygen atoms in total. The molecule has 9 heteroatoms. The lowest BCUT2D eigenvalue weighted by molar-refractivity contribution is -0.138. The fourth-order valence-corrected chi connectivity index (χ4v) is 4.00. The van der Waals surface area contributed by atoms with Gasteiger partial charge >= 0.3 is 0 Å². The zero-order valence-corrected chi connectivity index (χ0v) is 19.9. The molecule has 0 aromatic heterocycles. The molecule has 2 aromatic carbocycles. The van der Waals surface area contributed by atoms with E-state index in [1.807, 2.05) is 0 Å². The molecule has 3 rings (SSSR count). The first kappa shape index (κ1) is 25.2. The van der Waals surface area contributed by atoms with Gasteiger partial charge in [-0.2, -0.15) is 0 Å². The molecular weight excluding hydrogens is 439 g/mol. The molecule has 1 aliphatic rings. The van der Waals surface area contributed by atoms with Crippen molar-refractivity contribution in [3.8, 4) is 5.75 Å². The topological polar surface area (TPSA) is 96.2 Å². The van der Waals surface area contributed by atoms with Gasteiger partial charge in [-0.15, -0.1) is 0 Å². The minimum atomic E-state index is -1.15. The number of ether oxygens (including phenoxy) is 1. The number of benzene rings is 2. The van der Waals surface area contributed by atoms with Gasteiger partial charge in [0.2, 0.25) is 11.8 Å². The van der Waals surface area contributed by atoms with Gasteiger partial charge in [-0.25, -0.2) is 4.39 Å². The fraction of sp³-hybridized carbons (Fsp3) is 0.400. The Kier molecular flexibility index (Phi) is 7.88. The summed E-state index contributed by atoms with van der Waals surface area (Å²) >= 11 is 0. The number of nitrogens with zero attached hydrogens (tertiary/aromatic N) is 3. The third-order valence-electron chi connectivity index (χ3n) is 6.07. The van der Waals surface area contributed by atoms with Crippen LogP contribution in [-0.2, 0) is 9.59 Å². The number of rotatable bonds is 7. The first-order valence-corrected chi connectivity index (χ1v) is 11.1. The molecule has 3 atom stereocenters. The lowest BCUT2D eigenvalue weighted by Crippen LogP contribution is -2.50. The number of anilines is 1. The van der Waals surface area contributed by atoms with Gasteiger partial charge in [0, 0.05) is 38.9 Å². The summed E-state index contributed by atoms with van der Waals surface area (Å²) in [7, 11) is 6.40. The number of likely N-dealkylation sites (tertiary alicyclic amines) is 1. The Hall–Kier alpha value is -3.46. The van der Waals surface area contributed by atoms with Crippen LogP contribution in [0.3, 0.4) is 0 Å². The third-order valence-corrected chi connectivity index (χ3v) is 6.07. The Morgan fingerprint density at radius 3 is 2.18 bits per heavy atom. The molecule has 1 aliphatic heterocycles. The molecule has 182 valence electrons. The van der Waals surface area contributed by atoms with Gasteiger partial charge < -0.3 is 25.2 Å². The number of carbonyl (C=O) groups excluding carboxylic acids is 3. The maximum absolute atomic E-state index is 13.6. The summed E-state index contributed by atoms with van der Waals surface area (Å²) in [5.41, 5.74) is 7.92. The van der Waals surface area contributed by atoms with Gasteiger partial charge in [0.15, 0.2) is 0 Å². The molecule has 0 saturated carbocycles. The zero-order chi connectivity index (χ0) is 25.0. The van der Waals surface area contributed by atoms with Gasteiger partial charge in [-0.3, -0.25) is 14.4 Å². The molecule has 3 amide bonds. The standard InChI is InChI=1S/C25H31FN4O4/c1-28(2)24(32)21(22(27)25(33)30-14-13-18(26)15-30)16-5-9-19(10-6-16)29(3)23(31)17-7-11-20(34-4)12-8-17/h5-12,18,21-22H,13-15,27H2,1-4H3/t18-,21?,22?/m0/s1. The molecule has 1 heterocycles. The Bertz CT molecular complexity index is 1030. The summed E-state index contributed by atoms with van der Waals surface area (Å²) in [6.07, 6.45) is -0.800. The number of amides is 3. The van der Waals surface area contributed by atoms with E-state index in [4.69, 9.17) is 10.5 Å². The summed E-state index contributed by atoms with van der Waals surface area (Å²) < 4.78 is 18.7. The second-order valence-corrected chi connectivity index (χ2v) is 8.59. The van der Waals surface area contributed by atoms with Crippen LogP contribution in [0, 0.1) is 0 Å². The second-order valence-electron chi connectivity index (χ2n) is 8.59. The highest BCUT2D eigenvalue weighted by atomic mass is 19.1. The highest BCUT2D eigenvalue weighted by Gasteiger charge is 2.38. The van der Waals surface area contributed by atoms with Crippen molar-refractivity contribution in [2.75, 3.05) is 46.2 Å². The van der Waals surface area contributed by atoms with Gasteiger partial charge in [0.1, 0.15) is 18.0 Å². The Balaban J connectivity index is 1.82. The highest BCUT2D eigenvalue weighted by molar-refractivity contribution is 6.05. The lowest BCUT2D eigenvalue weighted by Gasteiger charge is -2.29. The molecule has 0 bridgehead atoms. The van der Waals surface area contributed by atoms with E-state index in [9.17, 15) is 18.8 Å². The zero-order valence-electron chi connectivity index (χ0n) is 19.9. The predicted molar refractivity (Wildman–Crippen MR) is 128 cm³/mol. The van der Waals surface area contributed by atoms with E-state index in [1.54, 1.807) is 76.8 Å². The molecule has 2 N–H and O–H groups in total. The molecule has 0 aliphatic carbocycles. The van der Waals surface area contributed by atoms with Crippen LogP contribution < -0.4 is 15.4 Å². The summed E-state index contributed by atoms with van der Waals surface area (Å²) in [4.78, 5) is 43.0. The van der Waals surface area contributed by atoms with Crippen LogP contribution in [0.15, 0.2) is 48.5 Å². The Morgan fingerprint density at radius 1 is 1.06 bits per heavy atom. The van der Waals surface area contributed by atoms with E-state index in [-0.39, 0.29) is 31.3 Å². The summed E-state index contributed by atoms with van der Waals surface area (Å²) in [6, 6.07) is 12.4. The van der Waals surface area contributed by atoms with Crippen LogP contribution in [0.1, 0.15) is 28.3 Å². The van der Waals surface area contributed by atoms with E-state index in [2.05, 4.69) is 0 Å². The smallest absolute Gasteiger partial charge is 0.258 e. The maximum atomic E-state index is 13.6. The Morgan fingerprint density at radius 2 is 1.68 bits per heavy atom. The van der Waals surface area contributed by atoms with Crippen LogP contribution in [-0.4, -0.2) is 81.1 Å². The van der Waals surface area contributed by atoms with Gasteiger partial charge in [-0.05, 0) is 48.4 Å². The van der Waals surface area contributed by atoms with Crippen molar-refractivity contribution in [3.05, 3.63) is 59.7 Å². The molecule has 2 unspecified atom stereocenters. The van der Waals surface area contributed by atoms with Crippen LogP contribution in [0.2, 0.25) is 0 Å². The molecule has 0 radical (unpaired) electrons. The lowest BCUT2D eigenvalue weighted by atomic mass is 9.89. The number of hydrogen-bond donors (Lipinski definition) is 1. The third kappa shape index (κ3) is 5.36. The minimum absolute atomic E-state index is 0.00733. The summed E-state index contributed by atoms with van der Waals surface area (Å²) in [5, 5.41) is 0. The van der Waals surface area contributed by atoms with Gasteiger partial charge in [-0.1, -0.05) is 12.1 Å². The van der Waals surface area contributed by atoms with Gasteiger partial charge in [0.05, 0.1) is 19.6 Å². The van der Waals surface area contributed by atoms with Gasteiger partial charge in [0.25, 0.3) is 5.91 Å². The normalized spacial score (nSPS) is 17.1. The van der Waals surface area contributed by atoms with Crippen molar-refractivity contribution in [1.29, 1.82) is 0 Å². The van der Waals surface area contributed by atoms with Crippen LogP contribution >= 0.6 is 0 Å². The molecule has 1 fully saturated rings. The molecule has 2 aromatic rings. The Labute approximate surface area is 199 Å². The highest BCUT2D eigenvalue weighted by Crippen LogP contribution is 2.27. The number of likely N-dealkylation sites (N-methyl/N-ethyl adjacent to an activating group) is 1. The molecular formula is C25H31FN4O4. The number of alkyl halides is 1. The first-order chi connectivity index (χ1) is 16.1. The number of hydrogen-bond acceptors (Lipinski definition) is 5. The van der Waals surface area contributed by atoms with E-state index in [1.165, 1.54) is 14.7 Å². The van der Waals surface area contributed by atoms with Crippen molar-refractivity contribution in [3.63, 3.8) is 0 Å². The number of methoxy groups -OCH3 is 1. The largest absolute Gasteiger partial charge is 0.497 e. The van der Waals surface area contributed by atoms with Crippen molar-refractivity contribution in [2.24, 2.45) is 5.73 Å². The van der Waals surface area contributed by atoms with Crippen LogP contribution in [0.4, 0.5) is 10.1 Å².